The van der Waals surface area contributed by atoms with E-state index in [-0.39, 0.29) is 12.8 Å². The first kappa shape index (κ1) is 24.2. The molecule has 0 bridgehead atoms. The molecule has 0 amide bonds. The summed E-state index contributed by atoms with van der Waals surface area (Å²) in [7, 11) is 0. The molecule has 5 heteroatoms. The lowest BCUT2D eigenvalue weighted by atomic mass is 10.1. The molecule has 0 aliphatic carbocycles. The van der Waals surface area contributed by atoms with Gasteiger partial charge in [0.15, 0.2) is 0 Å². The number of allylic oxidation sites excluding steroid dienone is 2. The number of unbranched alkanes of at least 4 members (excludes halogenated alkanes) is 12. The van der Waals surface area contributed by atoms with Crippen molar-refractivity contribution >= 4 is 0 Å². The molecule has 0 atom stereocenters. The van der Waals surface area contributed by atoms with E-state index in [0.29, 0.717) is 0 Å². The van der Waals surface area contributed by atoms with Crippen LogP contribution >= 0.6 is 0 Å². The molecule has 23 heavy (non-hydrogen) atoms. The molecule has 0 aromatic rings. The predicted molar refractivity (Wildman–Crippen MR) is 97.4 cm³/mol. The standard InChI is InChI=1S/C18H35NO3.H3N/c1-2-3-4-5-6-7-8-9-10-11-12-13-14-15-16-17-18-22-19(20)21;/h9-10H,2-8,11-18H2,1H3;1H3/b10-9-;. The first-order valence-corrected chi connectivity index (χ1v) is 9.19. The zero-order chi connectivity index (χ0) is 16.3. The van der Waals surface area contributed by atoms with Gasteiger partial charge in [0.1, 0.15) is 0 Å². The highest BCUT2D eigenvalue weighted by Gasteiger charge is 1.95. The molecule has 0 unspecified atom stereocenters. The Kier molecular flexibility index (Phi) is 22.0. The van der Waals surface area contributed by atoms with Crippen LogP contribution < -0.4 is 6.15 Å². The van der Waals surface area contributed by atoms with Gasteiger partial charge >= 0.3 is 0 Å². The van der Waals surface area contributed by atoms with E-state index >= 15 is 0 Å². The van der Waals surface area contributed by atoms with Gasteiger partial charge in [0.2, 0.25) is 0 Å². The Hall–Kier alpha value is -1.10. The van der Waals surface area contributed by atoms with Crippen molar-refractivity contribution in [3.63, 3.8) is 0 Å². The summed E-state index contributed by atoms with van der Waals surface area (Å²) in [5, 5.41) is 9.23. The van der Waals surface area contributed by atoms with E-state index in [0.717, 1.165) is 19.3 Å². The van der Waals surface area contributed by atoms with Gasteiger partial charge in [0.05, 0.1) is 6.61 Å². The van der Waals surface area contributed by atoms with Crippen LogP contribution in [0, 0.1) is 10.1 Å². The van der Waals surface area contributed by atoms with Gasteiger partial charge in [-0.3, -0.25) is 0 Å². The van der Waals surface area contributed by atoms with E-state index in [9.17, 15) is 10.1 Å². The fourth-order valence-corrected chi connectivity index (χ4v) is 2.49. The van der Waals surface area contributed by atoms with Crippen LogP contribution in [0.2, 0.25) is 0 Å². The van der Waals surface area contributed by atoms with Crippen molar-refractivity contribution in [1.29, 1.82) is 0 Å². The lowest BCUT2D eigenvalue weighted by Crippen LogP contribution is -2.01. The molecule has 5 nitrogen and oxygen atoms in total. The van der Waals surface area contributed by atoms with Crippen LogP contribution in [0.15, 0.2) is 12.2 Å². The summed E-state index contributed by atoms with van der Waals surface area (Å²) >= 11 is 0. The van der Waals surface area contributed by atoms with Crippen LogP contribution in [-0.2, 0) is 4.84 Å². The number of hydrogen-bond donors (Lipinski definition) is 1. The van der Waals surface area contributed by atoms with E-state index in [1.807, 2.05) is 0 Å². The van der Waals surface area contributed by atoms with Crippen LogP contribution in [-0.4, -0.2) is 11.7 Å². The van der Waals surface area contributed by atoms with Gasteiger partial charge < -0.3 is 11.0 Å². The van der Waals surface area contributed by atoms with Crippen molar-refractivity contribution in [3.8, 4) is 0 Å². The Morgan fingerprint density at radius 3 is 1.70 bits per heavy atom. The molecule has 0 saturated carbocycles. The van der Waals surface area contributed by atoms with Gasteiger partial charge in [-0.1, -0.05) is 76.9 Å². The lowest BCUT2D eigenvalue weighted by molar-refractivity contribution is -0.757. The zero-order valence-electron chi connectivity index (χ0n) is 15.1. The molecular weight excluding hydrogens is 292 g/mol. The second-order valence-corrected chi connectivity index (χ2v) is 5.99. The van der Waals surface area contributed by atoms with Gasteiger partial charge in [-0.05, 0) is 32.1 Å². The Labute approximate surface area is 142 Å². The van der Waals surface area contributed by atoms with Crippen LogP contribution in [0.1, 0.15) is 96.8 Å². The van der Waals surface area contributed by atoms with Crippen molar-refractivity contribution < 1.29 is 9.92 Å². The summed E-state index contributed by atoms with van der Waals surface area (Å²) < 4.78 is 0. The molecule has 3 N–H and O–H groups in total. The number of hydrogen-bond acceptors (Lipinski definition) is 4. The molecule has 0 aliphatic rings. The minimum Gasteiger partial charge on any atom is -0.344 e. The summed E-state index contributed by atoms with van der Waals surface area (Å²) in [6, 6.07) is 0. The van der Waals surface area contributed by atoms with Crippen LogP contribution in [0.25, 0.3) is 0 Å². The molecule has 0 aromatic carbocycles. The minimum absolute atomic E-state index is 0. The Balaban J connectivity index is 0. The van der Waals surface area contributed by atoms with E-state index < -0.39 is 5.09 Å². The zero-order valence-corrected chi connectivity index (χ0v) is 15.1. The van der Waals surface area contributed by atoms with Crippen molar-refractivity contribution in [1.82, 2.24) is 6.15 Å². The second kappa shape index (κ2) is 20.9. The first-order valence-electron chi connectivity index (χ1n) is 9.19. The molecule has 0 fully saturated rings. The molecule has 0 radical (unpaired) electrons. The third kappa shape index (κ3) is 23.3. The number of rotatable bonds is 17. The molecule has 0 aliphatic heterocycles. The van der Waals surface area contributed by atoms with Crippen molar-refractivity contribution in [3.05, 3.63) is 22.3 Å². The lowest BCUT2D eigenvalue weighted by Gasteiger charge is -2.00. The fourth-order valence-electron chi connectivity index (χ4n) is 2.49. The van der Waals surface area contributed by atoms with Gasteiger partial charge in [0, 0.05) is 0 Å². The molecule has 0 aromatic heterocycles. The van der Waals surface area contributed by atoms with E-state index in [1.165, 1.54) is 70.6 Å². The molecule has 138 valence electrons. The topological polar surface area (TPSA) is 87.4 Å². The van der Waals surface area contributed by atoms with Crippen LogP contribution in [0.4, 0.5) is 0 Å². The first-order chi connectivity index (χ1) is 10.8. The van der Waals surface area contributed by atoms with E-state index in [4.69, 9.17) is 0 Å². The summed E-state index contributed by atoms with van der Waals surface area (Å²) in [6.07, 6.45) is 22.1. The van der Waals surface area contributed by atoms with Gasteiger partial charge in [-0.15, -0.1) is 10.1 Å². The predicted octanol–water partition coefficient (Wildman–Crippen LogP) is 6.39. The summed E-state index contributed by atoms with van der Waals surface area (Å²) in [4.78, 5) is 14.2. The SMILES string of the molecule is CCCCCCCC/C=C\CCCCCCCCO[N+](=O)[O-].N. The third-order valence-electron chi connectivity index (χ3n) is 3.85. The largest absolute Gasteiger partial charge is 0.344 e. The van der Waals surface area contributed by atoms with Crippen LogP contribution in [0.5, 0.6) is 0 Å². The van der Waals surface area contributed by atoms with E-state index in [2.05, 4.69) is 23.9 Å². The maximum Gasteiger partial charge on any atom is 0.294 e. The summed E-state index contributed by atoms with van der Waals surface area (Å²) in [6.45, 7) is 2.50. The average Bonchev–Trinajstić information content (AvgIpc) is 2.50. The molecule has 0 saturated heterocycles. The maximum atomic E-state index is 9.94. The highest BCUT2D eigenvalue weighted by Crippen LogP contribution is 2.09. The second-order valence-electron chi connectivity index (χ2n) is 5.99. The van der Waals surface area contributed by atoms with E-state index in [1.54, 1.807) is 0 Å². The highest BCUT2D eigenvalue weighted by atomic mass is 16.9. The van der Waals surface area contributed by atoms with Gasteiger partial charge in [0.25, 0.3) is 5.09 Å². The van der Waals surface area contributed by atoms with Gasteiger partial charge in [-0.2, -0.15) is 0 Å². The monoisotopic (exact) mass is 330 g/mol. The normalized spacial score (nSPS) is 10.7. The fraction of sp³-hybridized carbons (Fsp3) is 0.889. The Bertz CT molecular complexity index is 271. The molecule has 0 rings (SSSR count). The number of nitrogens with zero attached hydrogens (tertiary/aromatic N) is 1. The average molecular weight is 331 g/mol. The smallest absolute Gasteiger partial charge is 0.294 e. The minimum atomic E-state index is -0.711. The third-order valence-corrected chi connectivity index (χ3v) is 3.85. The Morgan fingerprint density at radius 1 is 0.783 bits per heavy atom. The quantitative estimate of drug-likeness (QED) is 0.145. The van der Waals surface area contributed by atoms with Gasteiger partial charge in [-0.25, -0.2) is 0 Å². The summed E-state index contributed by atoms with van der Waals surface area (Å²) in [5.74, 6) is 0. The van der Waals surface area contributed by atoms with Crippen molar-refractivity contribution in [2.75, 3.05) is 6.61 Å². The molecule has 0 heterocycles. The highest BCUT2D eigenvalue weighted by molar-refractivity contribution is 4.81. The van der Waals surface area contributed by atoms with Crippen molar-refractivity contribution in [2.45, 2.75) is 96.8 Å². The van der Waals surface area contributed by atoms with Crippen LogP contribution in [0.3, 0.4) is 0 Å². The molecule has 0 spiro atoms. The molecular formula is C18H38N2O3. The maximum absolute atomic E-state index is 9.94. The summed E-state index contributed by atoms with van der Waals surface area (Å²) in [5.41, 5.74) is 0. The van der Waals surface area contributed by atoms with Crippen molar-refractivity contribution in [2.24, 2.45) is 0 Å². The Morgan fingerprint density at radius 2 is 1.22 bits per heavy atom.